The van der Waals surface area contributed by atoms with Gasteiger partial charge in [-0.1, -0.05) is 0 Å². The average Bonchev–Trinajstić information content (AvgIpc) is 2.96. The molecule has 0 bridgehead atoms. The van der Waals surface area contributed by atoms with E-state index >= 15 is 0 Å². The maximum absolute atomic E-state index is 12.1. The molecular formula is C11H14F3N5. The van der Waals surface area contributed by atoms with Crippen LogP contribution in [0.1, 0.15) is 5.56 Å². The number of hydrogen-bond acceptors (Lipinski definition) is 3. The number of alkyl halides is 3. The highest BCUT2D eigenvalue weighted by Gasteiger charge is 2.06. The Hall–Kier alpha value is -1.99. The first-order chi connectivity index (χ1) is 9.17. The van der Waals surface area contributed by atoms with Crippen LogP contribution >= 0.6 is 0 Å². The van der Waals surface area contributed by atoms with Crippen LogP contribution in [-0.2, 0) is 19.6 Å². The van der Waals surface area contributed by atoms with Gasteiger partial charge in [0.2, 0.25) is 0 Å². The summed E-state index contributed by atoms with van der Waals surface area (Å²) in [6.07, 6.45) is 3.94. The Morgan fingerprint density at radius 1 is 1.16 bits per heavy atom. The van der Waals surface area contributed by atoms with Gasteiger partial charge >= 0.3 is 0 Å². The fourth-order valence-corrected chi connectivity index (χ4v) is 1.61. The summed E-state index contributed by atoms with van der Waals surface area (Å²) < 4.78 is 39.1. The molecule has 0 atom stereocenters. The number of nitrogens with zero attached hydrogens (tertiary/aromatic N) is 4. The molecule has 0 unspecified atom stereocenters. The van der Waals surface area contributed by atoms with Gasteiger partial charge in [-0.2, -0.15) is 10.2 Å². The molecule has 0 amide bonds. The van der Waals surface area contributed by atoms with Crippen LogP contribution < -0.4 is 5.32 Å². The predicted molar refractivity (Wildman–Crippen MR) is 63.8 cm³/mol. The van der Waals surface area contributed by atoms with E-state index in [0.29, 0.717) is 6.54 Å². The minimum absolute atomic E-state index is 0.216. The van der Waals surface area contributed by atoms with E-state index in [4.69, 9.17) is 0 Å². The molecule has 2 aromatic rings. The fraction of sp³-hybridized carbons (Fsp3) is 0.455. The Morgan fingerprint density at radius 3 is 2.68 bits per heavy atom. The lowest BCUT2D eigenvalue weighted by Gasteiger charge is -2.00. The van der Waals surface area contributed by atoms with Gasteiger partial charge in [0.25, 0.3) is 6.43 Å². The average molecular weight is 273 g/mol. The van der Waals surface area contributed by atoms with Gasteiger partial charge in [-0.3, -0.25) is 9.36 Å². The number of aromatic nitrogens is 4. The summed E-state index contributed by atoms with van der Waals surface area (Å²) in [5, 5.41) is 10.8. The molecule has 0 aliphatic rings. The van der Waals surface area contributed by atoms with E-state index in [-0.39, 0.29) is 6.54 Å². The molecular weight excluding hydrogens is 259 g/mol. The molecule has 0 saturated heterocycles. The molecule has 2 aromatic heterocycles. The van der Waals surface area contributed by atoms with Crippen LogP contribution in [0.2, 0.25) is 0 Å². The summed E-state index contributed by atoms with van der Waals surface area (Å²) >= 11 is 0. The van der Waals surface area contributed by atoms with E-state index < -0.39 is 19.6 Å². The van der Waals surface area contributed by atoms with Gasteiger partial charge in [0, 0.05) is 24.5 Å². The third-order valence-electron chi connectivity index (χ3n) is 2.46. The Kier molecular flexibility index (Phi) is 4.43. The van der Waals surface area contributed by atoms with Crippen molar-refractivity contribution in [1.29, 1.82) is 0 Å². The topological polar surface area (TPSA) is 47.7 Å². The monoisotopic (exact) mass is 273 g/mol. The second-order valence-corrected chi connectivity index (χ2v) is 4.00. The van der Waals surface area contributed by atoms with E-state index in [1.165, 1.54) is 15.6 Å². The highest BCUT2D eigenvalue weighted by Crippen LogP contribution is 2.08. The molecule has 0 spiro atoms. The third-order valence-corrected chi connectivity index (χ3v) is 2.46. The number of nitrogens with one attached hydrogen (secondary N) is 1. The standard InChI is InChI=1S/C11H14F3N5/c12-1-2-18-7-10(5-17-18)15-3-9-4-16-19(6-9)8-11(13)14/h4-7,11,15H,1-3,8H2. The van der Waals surface area contributed by atoms with Crippen molar-refractivity contribution in [3.63, 3.8) is 0 Å². The maximum atomic E-state index is 12.1. The van der Waals surface area contributed by atoms with Crippen molar-refractivity contribution in [2.45, 2.75) is 26.1 Å². The molecule has 0 aliphatic carbocycles. The van der Waals surface area contributed by atoms with E-state index in [1.807, 2.05) is 0 Å². The molecule has 2 heterocycles. The van der Waals surface area contributed by atoms with Gasteiger partial charge in [0.05, 0.1) is 24.6 Å². The number of anilines is 1. The quantitative estimate of drug-likeness (QED) is 0.838. The van der Waals surface area contributed by atoms with Crippen molar-refractivity contribution >= 4 is 5.69 Å². The lowest BCUT2D eigenvalue weighted by molar-refractivity contribution is 0.122. The first-order valence-corrected chi connectivity index (χ1v) is 5.79. The molecule has 0 radical (unpaired) electrons. The smallest absolute Gasteiger partial charge is 0.257 e. The molecule has 104 valence electrons. The second-order valence-electron chi connectivity index (χ2n) is 4.00. The Bertz CT molecular complexity index is 508. The largest absolute Gasteiger partial charge is 0.378 e. The zero-order valence-corrected chi connectivity index (χ0v) is 10.1. The molecule has 0 fully saturated rings. The molecule has 0 aliphatic heterocycles. The van der Waals surface area contributed by atoms with E-state index in [9.17, 15) is 13.2 Å². The lowest BCUT2D eigenvalue weighted by Crippen LogP contribution is -2.06. The van der Waals surface area contributed by atoms with E-state index in [2.05, 4.69) is 15.5 Å². The van der Waals surface area contributed by atoms with Crippen molar-refractivity contribution in [3.8, 4) is 0 Å². The van der Waals surface area contributed by atoms with Gasteiger partial charge in [0.1, 0.15) is 13.2 Å². The van der Waals surface area contributed by atoms with Crippen molar-refractivity contribution in [1.82, 2.24) is 19.6 Å². The zero-order chi connectivity index (χ0) is 13.7. The number of halogens is 3. The van der Waals surface area contributed by atoms with Crippen LogP contribution in [0.15, 0.2) is 24.8 Å². The molecule has 1 N–H and O–H groups in total. The second kappa shape index (κ2) is 6.26. The first kappa shape index (κ1) is 13.4. The van der Waals surface area contributed by atoms with Gasteiger partial charge < -0.3 is 5.32 Å². The minimum atomic E-state index is -2.42. The highest BCUT2D eigenvalue weighted by atomic mass is 19.3. The van der Waals surface area contributed by atoms with Crippen molar-refractivity contribution < 1.29 is 13.2 Å². The summed E-state index contributed by atoms with van der Waals surface area (Å²) in [7, 11) is 0. The summed E-state index contributed by atoms with van der Waals surface area (Å²) in [5.41, 5.74) is 1.54. The van der Waals surface area contributed by atoms with Crippen LogP contribution in [0.3, 0.4) is 0 Å². The first-order valence-electron chi connectivity index (χ1n) is 5.79. The van der Waals surface area contributed by atoms with Crippen molar-refractivity contribution in [2.24, 2.45) is 0 Å². The predicted octanol–water partition coefficient (Wildman–Crippen LogP) is 1.93. The van der Waals surface area contributed by atoms with Crippen LogP contribution in [-0.4, -0.2) is 32.7 Å². The molecule has 2 rings (SSSR count). The van der Waals surface area contributed by atoms with Crippen LogP contribution in [0.4, 0.5) is 18.9 Å². The minimum Gasteiger partial charge on any atom is -0.378 e. The number of aryl methyl sites for hydroxylation is 1. The maximum Gasteiger partial charge on any atom is 0.257 e. The number of rotatable bonds is 7. The summed E-state index contributed by atoms with van der Waals surface area (Å²) in [4.78, 5) is 0. The van der Waals surface area contributed by atoms with E-state index in [1.54, 1.807) is 18.6 Å². The zero-order valence-electron chi connectivity index (χ0n) is 10.1. The lowest BCUT2D eigenvalue weighted by atomic mass is 10.3. The summed E-state index contributed by atoms with van der Waals surface area (Å²) in [6, 6.07) is 0. The molecule has 8 heteroatoms. The van der Waals surface area contributed by atoms with Crippen molar-refractivity contribution in [3.05, 3.63) is 30.4 Å². The van der Waals surface area contributed by atoms with Crippen LogP contribution in [0, 0.1) is 0 Å². The van der Waals surface area contributed by atoms with Gasteiger partial charge in [-0.15, -0.1) is 0 Å². The fourth-order valence-electron chi connectivity index (χ4n) is 1.61. The Labute approximate surface area is 108 Å². The van der Waals surface area contributed by atoms with Gasteiger partial charge in [0.15, 0.2) is 0 Å². The van der Waals surface area contributed by atoms with Crippen molar-refractivity contribution in [2.75, 3.05) is 12.0 Å². The van der Waals surface area contributed by atoms with Gasteiger partial charge in [-0.05, 0) is 0 Å². The third kappa shape index (κ3) is 4.01. The molecule has 5 nitrogen and oxygen atoms in total. The summed E-state index contributed by atoms with van der Waals surface area (Å²) in [5.74, 6) is 0. The Morgan fingerprint density at radius 2 is 1.95 bits per heavy atom. The SMILES string of the molecule is FCCn1cc(NCc2cnn(CC(F)F)c2)cn1. The van der Waals surface area contributed by atoms with Gasteiger partial charge in [-0.25, -0.2) is 13.2 Å². The van der Waals surface area contributed by atoms with E-state index in [0.717, 1.165) is 11.3 Å². The van der Waals surface area contributed by atoms with Crippen LogP contribution in [0.5, 0.6) is 0 Å². The number of hydrogen-bond donors (Lipinski definition) is 1. The highest BCUT2D eigenvalue weighted by molar-refractivity contribution is 5.38. The summed E-state index contributed by atoms with van der Waals surface area (Å²) in [6.45, 7) is -0.214. The molecule has 0 aromatic carbocycles. The molecule has 19 heavy (non-hydrogen) atoms. The Balaban J connectivity index is 1.85. The van der Waals surface area contributed by atoms with Crippen LogP contribution in [0.25, 0.3) is 0 Å². The normalized spacial score (nSPS) is 11.2. The molecule has 0 saturated carbocycles.